The van der Waals surface area contributed by atoms with Crippen molar-refractivity contribution in [3.8, 4) is 11.8 Å². The number of allylic oxidation sites excluding steroid dienone is 1. The number of halogens is 3. The smallest absolute Gasteiger partial charge is 0.416 e. The summed E-state index contributed by atoms with van der Waals surface area (Å²) in [5, 5.41) is 6.53. The summed E-state index contributed by atoms with van der Waals surface area (Å²) in [6.45, 7) is 14.1. The number of aryl methyl sites for hydroxylation is 1. The van der Waals surface area contributed by atoms with Gasteiger partial charge in [-0.05, 0) is 82.0 Å². The Morgan fingerprint density at radius 1 is 1.09 bits per heavy atom. The molecule has 0 aliphatic carbocycles. The van der Waals surface area contributed by atoms with Gasteiger partial charge in [-0.1, -0.05) is 24.1 Å². The van der Waals surface area contributed by atoms with Gasteiger partial charge in [-0.2, -0.15) is 18.3 Å². The Balaban J connectivity index is 1.47. The van der Waals surface area contributed by atoms with E-state index in [2.05, 4.69) is 34.0 Å². The molecule has 1 aliphatic heterocycles. The van der Waals surface area contributed by atoms with E-state index in [0.29, 0.717) is 43.3 Å². The van der Waals surface area contributed by atoms with E-state index in [4.69, 9.17) is 4.74 Å². The maximum atomic E-state index is 14.2. The molecule has 12 heteroatoms. The molecule has 1 aromatic heterocycles. The van der Waals surface area contributed by atoms with Crippen molar-refractivity contribution >= 4 is 30.5 Å². The molecular formula is C34H37F3N6O3. The molecule has 2 amide bonds. The molecule has 1 fully saturated rings. The Morgan fingerprint density at radius 3 is 2.43 bits per heavy atom. The van der Waals surface area contributed by atoms with Gasteiger partial charge in [-0.3, -0.25) is 9.69 Å². The molecule has 46 heavy (non-hydrogen) atoms. The van der Waals surface area contributed by atoms with Gasteiger partial charge in [0.2, 0.25) is 0 Å². The van der Waals surface area contributed by atoms with Crippen molar-refractivity contribution in [1.29, 1.82) is 0 Å². The quantitative estimate of drug-likeness (QED) is 0.250. The Labute approximate surface area is 266 Å². The third-order valence-corrected chi connectivity index (χ3v) is 7.14. The van der Waals surface area contributed by atoms with E-state index in [-0.39, 0.29) is 23.4 Å². The van der Waals surface area contributed by atoms with Gasteiger partial charge < -0.3 is 15.0 Å². The monoisotopic (exact) mass is 634 g/mol. The van der Waals surface area contributed by atoms with Crippen molar-refractivity contribution in [3.05, 3.63) is 88.0 Å². The molecule has 9 nitrogen and oxygen atoms in total. The number of aromatic nitrogens is 2. The number of imidazole rings is 1. The Kier molecular flexibility index (Phi) is 10.4. The fourth-order valence-electron chi connectivity index (χ4n) is 4.80. The van der Waals surface area contributed by atoms with Gasteiger partial charge >= 0.3 is 12.3 Å². The number of alkyl halides is 3. The van der Waals surface area contributed by atoms with Crippen molar-refractivity contribution in [3.63, 3.8) is 0 Å². The van der Waals surface area contributed by atoms with Gasteiger partial charge in [0.25, 0.3) is 5.91 Å². The summed E-state index contributed by atoms with van der Waals surface area (Å²) in [7, 11) is 0. The van der Waals surface area contributed by atoms with Crippen LogP contribution in [0.1, 0.15) is 71.8 Å². The summed E-state index contributed by atoms with van der Waals surface area (Å²) in [6, 6.07) is 8.68. The summed E-state index contributed by atoms with van der Waals surface area (Å²) in [5.74, 6) is 6.01. The van der Waals surface area contributed by atoms with Gasteiger partial charge in [0.15, 0.2) is 5.82 Å². The Hall–Kier alpha value is -4.89. The van der Waals surface area contributed by atoms with E-state index < -0.39 is 29.3 Å². The Bertz CT molecular complexity index is 1700. The lowest BCUT2D eigenvalue weighted by atomic mass is 10.0. The largest absolute Gasteiger partial charge is 0.444 e. The molecule has 0 radical (unpaired) electrons. The number of piperazine rings is 1. The second-order valence-electron chi connectivity index (χ2n) is 11.8. The molecule has 4 rings (SSSR count). The number of amides is 2. The van der Waals surface area contributed by atoms with Crippen LogP contribution in [-0.4, -0.2) is 70.0 Å². The molecule has 242 valence electrons. The number of ether oxygens (including phenoxy) is 1. The summed E-state index contributed by atoms with van der Waals surface area (Å²) < 4.78 is 49.3. The number of hydrogen-bond acceptors (Lipinski definition) is 6. The molecule has 2 heterocycles. The zero-order valence-electron chi connectivity index (χ0n) is 26.5. The summed E-state index contributed by atoms with van der Waals surface area (Å²) in [6.07, 6.45) is 0.0692. The van der Waals surface area contributed by atoms with Crippen molar-refractivity contribution in [2.45, 2.75) is 52.9 Å². The average Bonchev–Trinajstić information content (AvgIpc) is 3.37. The lowest BCUT2D eigenvalue weighted by Gasteiger charge is -2.36. The van der Waals surface area contributed by atoms with Crippen molar-refractivity contribution in [2.24, 2.45) is 5.10 Å². The van der Waals surface area contributed by atoms with Crippen molar-refractivity contribution in [1.82, 2.24) is 19.5 Å². The molecule has 1 aliphatic rings. The molecule has 0 unspecified atom stereocenters. The van der Waals surface area contributed by atoms with Crippen LogP contribution in [0, 0.1) is 18.8 Å². The number of rotatable bonds is 6. The zero-order valence-corrected chi connectivity index (χ0v) is 26.5. The first kappa shape index (κ1) is 34.0. The first-order chi connectivity index (χ1) is 21.7. The topological polar surface area (TPSA) is 92.1 Å². The zero-order chi connectivity index (χ0) is 33.6. The first-order valence-electron chi connectivity index (χ1n) is 14.7. The number of carbonyl (C=O) groups is 2. The van der Waals surface area contributed by atoms with E-state index >= 15 is 0 Å². The van der Waals surface area contributed by atoms with E-state index in [1.807, 2.05) is 24.8 Å². The van der Waals surface area contributed by atoms with Gasteiger partial charge in [-0.15, -0.1) is 0 Å². The highest BCUT2D eigenvalue weighted by Gasteiger charge is 2.35. The third kappa shape index (κ3) is 8.63. The maximum Gasteiger partial charge on any atom is 0.416 e. The molecule has 3 aromatic rings. The molecule has 0 atom stereocenters. The molecule has 0 spiro atoms. The van der Waals surface area contributed by atoms with Crippen LogP contribution in [0.25, 0.3) is 6.08 Å². The van der Waals surface area contributed by atoms with E-state index in [0.717, 1.165) is 11.6 Å². The minimum atomic E-state index is -4.64. The van der Waals surface area contributed by atoms with Crippen LogP contribution in [-0.2, 0) is 17.5 Å². The predicted octanol–water partition coefficient (Wildman–Crippen LogP) is 6.41. The van der Waals surface area contributed by atoms with Crippen LogP contribution < -0.4 is 5.32 Å². The van der Waals surface area contributed by atoms with Crippen LogP contribution in [0.5, 0.6) is 0 Å². The molecule has 2 aromatic carbocycles. The third-order valence-electron chi connectivity index (χ3n) is 7.14. The lowest BCUT2D eigenvalue weighted by molar-refractivity contribution is -0.138. The van der Waals surface area contributed by atoms with Crippen LogP contribution in [0.3, 0.4) is 0 Å². The number of carbonyl (C=O) groups excluding carboxylic acids is 2. The Morgan fingerprint density at radius 2 is 1.80 bits per heavy atom. The minimum absolute atomic E-state index is 0.0153. The van der Waals surface area contributed by atoms with Crippen LogP contribution >= 0.6 is 0 Å². The lowest BCUT2D eigenvalue weighted by Crippen LogP contribution is -2.49. The molecule has 1 N–H and O–H groups in total. The van der Waals surface area contributed by atoms with Crippen molar-refractivity contribution in [2.75, 3.05) is 31.5 Å². The summed E-state index contributed by atoms with van der Waals surface area (Å²) in [5.41, 5.74) is 0.744. The van der Waals surface area contributed by atoms with Crippen molar-refractivity contribution < 1.29 is 27.5 Å². The second kappa shape index (κ2) is 14.0. The molecule has 0 bridgehead atoms. The number of hydrogen-bond donors (Lipinski definition) is 1. The van der Waals surface area contributed by atoms with Crippen LogP contribution in [0.4, 0.5) is 23.7 Å². The van der Waals surface area contributed by atoms with E-state index in [1.54, 1.807) is 56.1 Å². The second-order valence-corrected chi connectivity index (χ2v) is 11.8. The highest BCUT2D eigenvalue weighted by atomic mass is 19.4. The number of benzene rings is 2. The SMILES string of the molecule is C=Nn1c(C#Cc2cc(C(=O)Nc3ccc(CN4CCN(C(=O)OC(C)(C)C)CC4)c(C(F)(F)F)c3)ccc2C)cnc1/C=C\C. The summed E-state index contributed by atoms with van der Waals surface area (Å²) >= 11 is 0. The normalized spacial score (nSPS) is 14.1. The summed E-state index contributed by atoms with van der Waals surface area (Å²) in [4.78, 5) is 33.2. The molecule has 1 saturated heterocycles. The van der Waals surface area contributed by atoms with Crippen LogP contribution in [0.2, 0.25) is 0 Å². The number of nitrogens with zero attached hydrogens (tertiary/aromatic N) is 5. The standard InChI is InChI=1S/C34H37F3N6O3/c1-7-8-30-39-21-28(43(30)38-6)14-12-24-19-25(10-9-23(24)2)31(44)40-27-13-11-26(29(20-27)34(35,36)37)22-41-15-17-42(18-16-41)32(45)46-33(3,4)5/h7-11,13,19-21H,6,15-18,22H2,1-5H3,(H,40,44)/b8-7-. The highest BCUT2D eigenvalue weighted by molar-refractivity contribution is 6.04. The fourth-order valence-corrected chi connectivity index (χ4v) is 4.80. The van der Waals surface area contributed by atoms with Crippen LogP contribution in [0.15, 0.2) is 53.8 Å². The van der Waals surface area contributed by atoms with Gasteiger partial charge in [0.05, 0.1) is 11.8 Å². The average molecular weight is 635 g/mol. The first-order valence-corrected chi connectivity index (χ1v) is 14.7. The maximum absolute atomic E-state index is 14.2. The van der Waals surface area contributed by atoms with Gasteiger partial charge in [0.1, 0.15) is 11.3 Å². The molecule has 0 saturated carbocycles. The minimum Gasteiger partial charge on any atom is -0.444 e. The predicted molar refractivity (Wildman–Crippen MR) is 172 cm³/mol. The van der Waals surface area contributed by atoms with E-state index in [1.165, 1.54) is 16.8 Å². The fraction of sp³-hybridized carbons (Fsp3) is 0.353. The molecular weight excluding hydrogens is 597 g/mol. The highest BCUT2D eigenvalue weighted by Crippen LogP contribution is 2.35. The number of anilines is 1. The van der Waals surface area contributed by atoms with E-state index in [9.17, 15) is 22.8 Å². The van der Waals surface area contributed by atoms with Gasteiger partial charge in [0, 0.05) is 56.3 Å². The number of nitrogens with one attached hydrogen (secondary N) is 1. The van der Waals surface area contributed by atoms with Gasteiger partial charge in [-0.25, -0.2) is 14.5 Å².